The van der Waals surface area contributed by atoms with Gasteiger partial charge in [0.05, 0.1) is 10.3 Å². The fourth-order valence-corrected chi connectivity index (χ4v) is 2.82. The number of benzene rings is 1. The minimum absolute atomic E-state index is 0.0191. The van der Waals surface area contributed by atoms with Crippen LogP contribution in [0.4, 0.5) is 5.69 Å². The lowest BCUT2D eigenvalue weighted by Gasteiger charge is -2.05. The van der Waals surface area contributed by atoms with Gasteiger partial charge in [-0.15, -0.1) is 0 Å². The molecule has 0 unspecified atom stereocenters. The highest BCUT2D eigenvalue weighted by Gasteiger charge is 2.19. The molecule has 0 saturated carbocycles. The third kappa shape index (κ3) is 2.52. The zero-order chi connectivity index (χ0) is 14.8. The molecule has 0 spiro atoms. The molecule has 21 heavy (non-hydrogen) atoms. The van der Waals surface area contributed by atoms with Gasteiger partial charge in [0.1, 0.15) is 0 Å². The number of hydrogen-bond acceptors (Lipinski definition) is 6. The van der Waals surface area contributed by atoms with E-state index in [1.54, 1.807) is 24.7 Å². The summed E-state index contributed by atoms with van der Waals surface area (Å²) in [7, 11) is 0. The first-order valence-corrected chi connectivity index (χ1v) is 7.50. The zero-order valence-corrected chi connectivity index (χ0v) is 12.1. The average Bonchev–Trinajstić information content (AvgIpc) is 2.50. The molecule has 7 heteroatoms. The van der Waals surface area contributed by atoms with E-state index in [-0.39, 0.29) is 10.6 Å². The first kappa shape index (κ1) is 13.7. The summed E-state index contributed by atoms with van der Waals surface area (Å²) >= 11 is 1.50. The molecule has 0 aliphatic heterocycles. The number of nitrogens with zero attached hydrogens (tertiary/aromatic N) is 4. The third-order valence-corrected chi connectivity index (χ3v) is 4.12. The number of nitro groups is 1. The Kier molecular flexibility index (Phi) is 3.66. The molecular weight excluding hydrogens is 288 g/mol. The Bertz CT molecular complexity index is 838. The monoisotopic (exact) mass is 300 g/mol. The highest BCUT2D eigenvalue weighted by molar-refractivity contribution is 7.99. The quantitative estimate of drug-likeness (QED) is 0.241. The number of nitro benzene ring substituents is 1. The zero-order valence-electron chi connectivity index (χ0n) is 11.3. The van der Waals surface area contributed by atoms with E-state index in [0.29, 0.717) is 26.8 Å². The van der Waals surface area contributed by atoms with Crippen LogP contribution in [0.1, 0.15) is 13.3 Å². The summed E-state index contributed by atoms with van der Waals surface area (Å²) in [6.07, 6.45) is 5.80. The molecule has 1 aromatic carbocycles. The van der Waals surface area contributed by atoms with Crippen LogP contribution >= 0.6 is 11.8 Å². The minimum atomic E-state index is -0.383. The van der Waals surface area contributed by atoms with Crippen molar-refractivity contribution in [3.05, 3.63) is 40.8 Å². The molecule has 0 radical (unpaired) electrons. The molecule has 0 aliphatic carbocycles. The fraction of sp³-hybridized carbons (Fsp3) is 0.214. The summed E-state index contributed by atoms with van der Waals surface area (Å²) in [5, 5.41) is 14.0. The van der Waals surface area contributed by atoms with Crippen molar-refractivity contribution in [3.8, 4) is 0 Å². The Morgan fingerprint density at radius 2 is 2.19 bits per heavy atom. The number of thioether (sulfide) groups is 1. The molecule has 3 rings (SSSR count). The second-order valence-electron chi connectivity index (χ2n) is 4.52. The standard InChI is InChI=1S/C14H12N4O2S/c1-2-5-21-14-16-8-10-6-9-7-15-4-3-11(9)13(18(19)20)12(10)17-14/h3-4,6-8H,2,5H2,1H3. The predicted molar refractivity (Wildman–Crippen MR) is 82.5 cm³/mol. The summed E-state index contributed by atoms with van der Waals surface area (Å²) < 4.78 is 0. The fourth-order valence-electron chi connectivity index (χ4n) is 2.15. The van der Waals surface area contributed by atoms with Crippen LogP contribution in [0.15, 0.2) is 35.9 Å². The SMILES string of the molecule is CCCSc1ncc2cc3cnccc3c([N+](=O)[O-])c2n1. The van der Waals surface area contributed by atoms with E-state index in [9.17, 15) is 10.1 Å². The number of fused-ring (bicyclic) bond motifs is 2. The maximum atomic E-state index is 11.5. The molecule has 0 aliphatic rings. The summed E-state index contributed by atoms with van der Waals surface area (Å²) in [6.45, 7) is 2.07. The van der Waals surface area contributed by atoms with Gasteiger partial charge in [-0.05, 0) is 18.6 Å². The summed E-state index contributed by atoms with van der Waals surface area (Å²) in [5.74, 6) is 0.886. The summed E-state index contributed by atoms with van der Waals surface area (Å²) in [5.41, 5.74) is 0.401. The maximum absolute atomic E-state index is 11.5. The Morgan fingerprint density at radius 1 is 1.33 bits per heavy atom. The van der Waals surface area contributed by atoms with Crippen LogP contribution in [0.5, 0.6) is 0 Å². The summed E-state index contributed by atoms with van der Waals surface area (Å²) in [4.78, 5) is 23.7. The van der Waals surface area contributed by atoms with Gasteiger partial charge in [0, 0.05) is 35.1 Å². The van der Waals surface area contributed by atoms with Crippen molar-refractivity contribution < 1.29 is 4.92 Å². The molecular formula is C14H12N4O2S. The van der Waals surface area contributed by atoms with Crippen LogP contribution < -0.4 is 0 Å². The van der Waals surface area contributed by atoms with Gasteiger partial charge in [0.2, 0.25) is 0 Å². The van der Waals surface area contributed by atoms with E-state index >= 15 is 0 Å². The Labute approximate surface area is 124 Å². The molecule has 0 saturated heterocycles. The van der Waals surface area contributed by atoms with E-state index in [1.807, 2.05) is 6.07 Å². The molecule has 3 aromatic rings. The molecule has 106 valence electrons. The Hall–Kier alpha value is -2.28. The number of rotatable bonds is 4. The smallest absolute Gasteiger partial charge is 0.264 e. The van der Waals surface area contributed by atoms with E-state index in [2.05, 4.69) is 21.9 Å². The van der Waals surface area contributed by atoms with Crippen LogP contribution in [0.3, 0.4) is 0 Å². The highest BCUT2D eigenvalue weighted by Crippen LogP contribution is 2.33. The number of pyridine rings is 1. The molecule has 2 heterocycles. The van der Waals surface area contributed by atoms with Crippen LogP contribution in [0, 0.1) is 10.1 Å². The largest absolute Gasteiger partial charge is 0.303 e. The number of non-ortho nitro benzene ring substituents is 1. The molecule has 0 atom stereocenters. The minimum Gasteiger partial charge on any atom is -0.264 e. The van der Waals surface area contributed by atoms with Crippen molar-refractivity contribution in [2.75, 3.05) is 5.75 Å². The number of aromatic nitrogens is 3. The maximum Gasteiger partial charge on any atom is 0.303 e. The van der Waals surface area contributed by atoms with E-state index in [4.69, 9.17) is 0 Å². The van der Waals surface area contributed by atoms with Crippen molar-refractivity contribution in [2.24, 2.45) is 0 Å². The van der Waals surface area contributed by atoms with Crippen molar-refractivity contribution >= 4 is 39.1 Å². The molecule has 2 aromatic heterocycles. The highest BCUT2D eigenvalue weighted by atomic mass is 32.2. The number of hydrogen-bond donors (Lipinski definition) is 0. The van der Waals surface area contributed by atoms with E-state index < -0.39 is 0 Å². The lowest BCUT2D eigenvalue weighted by atomic mass is 10.1. The Morgan fingerprint density at radius 3 is 2.95 bits per heavy atom. The molecule has 0 amide bonds. The first-order valence-electron chi connectivity index (χ1n) is 6.51. The van der Waals surface area contributed by atoms with Crippen LogP contribution in [-0.2, 0) is 0 Å². The van der Waals surface area contributed by atoms with Gasteiger partial charge in [0.25, 0.3) is 0 Å². The lowest BCUT2D eigenvalue weighted by Crippen LogP contribution is -1.96. The van der Waals surface area contributed by atoms with Crippen molar-refractivity contribution in [1.82, 2.24) is 15.0 Å². The van der Waals surface area contributed by atoms with Gasteiger partial charge < -0.3 is 0 Å². The topological polar surface area (TPSA) is 81.8 Å². The van der Waals surface area contributed by atoms with Crippen LogP contribution in [-0.4, -0.2) is 25.6 Å². The second kappa shape index (κ2) is 5.61. The molecule has 6 nitrogen and oxygen atoms in total. The molecule has 0 N–H and O–H groups in total. The van der Waals surface area contributed by atoms with Gasteiger partial charge in [-0.2, -0.15) is 0 Å². The van der Waals surface area contributed by atoms with Crippen molar-refractivity contribution in [2.45, 2.75) is 18.5 Å². The second-order valence-corrected chi connectivity index (χ2v) is 5.58. The predicted octanol–water partition coefficient (Wildman–Crippen LogP) is 3.59. The average molecular weight is 300 g/mol. The van der Waals surface area contributed by atoms with E-state index in [1.165, 1.54) is 11.8 Å². The van der Waals surface area contributed by atoms with E-state index in [0.717, 1.165) is 12.2 Å². The van der Waals surface area contributed by atoms with Crippen LogP contribution in [0.25, 0.3) is 21.7 Å². The van der Waals surface area contributed by atoms with Gasteiger partial charge in [-0.3, -0.25) is 15.1 Å². The Balaban J connectivity index is 2.31. The lowest BCUT2D eigenvalue weighted by molar-refractivity contribution is -0.381. The van der Waals surface area contributed by atoms with Gasteiger partial charge >= 0.3 is 5.69 Å². The van der Waals surface area contributed by atoms with Gasteiger partial charge in [-0.1, -0.05) is 18.7 Å². The van der Waals surface area contributed by atoms with Crippen LogP contribution in [0.2, 0.25) is 0 Å². The van der Waals surface area contributed by atoms with Gasteiger partial charge in [-0.25, -0.2) is 9.97 Å². The normalized spacial score (nSPS) is 11.1. The van der Waals surface area contributed by atoms with Gasteiger partial charge in [0.15, 0.2) is 10.7 Å². The third-order valence-electron chi connectivity index (χ3n) is 3.06. The first-order chi connectivity index (χ1) is 10.2. The molecule has 0 fully saturated rings. The summed E-state index contributed by atoms with van der Waals surface area (Å²) in [6, 6.07) is 3.48. The van der Waals surface area contributed by atoms with Crippen molar-refractivity contribution in [3.63, 3.8) is 0 Å². The molecule has 0 bridgehead atoms. The van der Waals surface area contributed by atoms with Crippen molar-refractivity contribution in [1.29, 1.82) is 0 Å².